The van der Waals surface area contributed by atoms with Gasteiger partial charge in [-0.2, -0.15) is 5.10 Å². The minimum absolute atomic E-state index is 0.0571. The molecule has 0 aliphatic heterocycles. The molecular formula is C12H10Cl2FN3O. The highest BCUT2D eigenvalue weighted by atomic mass is 35.5. The highest BCUT2D eigenvalue weighted by Gasteiger charge is 2.28. The molecule has 0 spiro atoms. The summed E-state index contributed by atoms with van der Waals surface area (Å²) in [4.78, 5) is 3.79. The van der Waals surface area contributed by atoms with Gasteiger partial charge in [-0.25, -0.2) is 14.1 Å². The molecule has 0 fully saturated rings. The van der Waals surface area contributed by atoms with Crippen LogP contribution < -0.4 is 0 Å². The van der Waals surface area contributed by atoms with Crippen LogP contribution in [-0.4, -0.2) is 19.9 Å². The lowest BCUT2D eigenvalue weighted by Gasteiger charge is -2.25. The molecule has 4 nitrogen and oxygen atoms in total. The summed E-state index contributed by atoms with van der Waals surface area (Å²) < 4.78 is 14.3. The second-order valence-electron chi connectivity index (χ2n) is 3.96. The second kappa shape index (κ2) is 5.69. The minimum Gasteiger partial charge on any atom is -0.379 e. The Hall–Kier alpha value is -1.43. The first-order valence-corrected chi connectivity index (χ1v) is 6.10. The van der Waals surface area contributed by atoms with Crippen molar-refractivity contribution < 1.29 is 9.50 Å². The van der Waals surface area contributed by atoms with E-state index in [0.29, 0.717) is 5.56 Å². The van der Waals surface area contributed by atoms with Crippen molar-refractivity contribution in [1.82, 2.24) is 14.8 Å². The quantitative estimate of drug-likeness (QED) is 0.944. The number of benzene rings is 1. The number of aliphatic hydroxyl groups is 1. The van der Waals surface area contributed by atoms with E-state index >= 15 is 0 Å². The average Bonchev–Trinajstić information content (AvgIpc) is 2.81. The first-order chi connectivity index (χ1) is 8.99. The smallest absolute Gasteiger partial charge is 0.137 e. The van der Waals surface area contributed by atoms with Gasteiger partial charge in [0.15, 0.2) is 0 Å². The van der Waals surface area contributed by atoms with Crippen LogP contribution in [0.15, 0.2) is 47.5 Å². The number of rotatable bonds is 4. The van der Waals surface area contributed by atoms with Crippen LogP contribution in [0.4, 0.5) is 4.39 Å². The van der Waals surface area contributed by atoms with E-state index in [9.17, 15) is 9.50 Å². The Morgan fingerprint density at radius 3 is 2.58 bits per heavy atom. The van der Waals surface area contributed by atoms with E-state index < -0.39 is 11.4 Å². The Morgan fingerprint density at radius 2 is 2.05 bits per heavy atom. The van der Waals surface area contributed by atoms with E-state index in [4.69, 9.17) is 23.2 Å². The van der Waals surface area contributed by atoms with Crippen molar-refractivity contribution >= 4 is 23.2 Å². The summed E-state index contributed by atoms with van der Waals surface area (Å²) in [6, 6.07) is 5.41. The Bertz CT molecular complexity index is 567. The predicted octanol–water partition coefficient (Wildman–Crippen LogP) is 2.62. The Balaban J connectivity index is 2.39. The molecule has 1 unspecified atom stereocenters. The van der Waals surface area contributed by atoms with Crippen LogP contribution >= 0.6 is 23.2 Å². The maximum atomic E-state index is 12.9. The number of hydrogen-bond donors (Lipinski definition) is 1. The third kappa shape index (κ3) is 3.53. The van der Waals surface area contributed by atoms with Crippen LogP contribution in [0.2, 0.25) is 0 Å². The fourth-order valence-corrected chi connectivity index (χ4v) is 2.06. The highest BCUT2D eigenvalue weighted by molar-refractivity contribution is 6.55. The molecule has 19 heavy (non-hydrogen) atoms. The van der Waals surface area contributed by atoms with Gasteiger partial charge in [-0.1, -0.05) is 35.3 Å². The Kier molecular flexibility index (Phi) is 4.19. The molecule has 0 saturated carbocycles. The largest absolute Gasteiger partial charge is 0.379 e. The topological polar surface area (TPSA) is 50.9 Å². The van der Waals surface area contributed by atoms with E-state index in [1.54, 1.807) is 0 Å². The normalized spacial score (nSPS) is 13.9. The molecule has 0 amide bonds. The van der Waals surface area contributed by atoms with Crippen LogP contribution in [-0.2, 0) is 12.1 Å². The van der Waals surface area contributed by atoms with Gasteiger partial charge < -0.3 is 5.11 Å². The Morgan fingerprint density at radius 1 is 1.37 bits per heavy atom. The fourth-order valence-electron chi connectivity index (χ4n) is 1.70. The molecule has 1 N–H and O–H groups in total. The first-order valence-electron chi connectivity index (χ1n) is 5.34. The summed E-state index contributed by atoms with van der Waals surface area (Å²) in [7, 11) is 0. The van der Waals surface area contributed by atoms with Crippen LogP contribution in [0.1, 0.15) is 5.56 Å². The molecule has 1 atom stereocenters. The van der Waals surface area contributed by atoms with Crippen molar-refractivity contribution in [2.45, 2.75) is 12.1 Å². The lowest BCUT2D eigenvalue weighted by Crippen LogP contribution is -2.29. The zero-order chi connectivity index (χ0) is 13.9. The predicted molar refractivity (Wildman–Crippen MR) is 70.1 cm³/mol. The summed E-state index contributed by atoms with van der Waals surface area (Å²) in [5.74, 6) is -0.396. The molecule has 1 aromatic heterocycles. The molecule has 0 bridgehead atoms. The molecule has 100 valence electrons. The molecule has 2 aromatic rings. The summed E-state index contributed by atoms with van der Waals surface area (Å²) in [5, 5.41) is 14.6. The summed E-state index contributed by atoms with van der Waals surface area (Å²) >= 11 is 11.3. The van der Waals surface area contributed by atoms with Gasteiger partial charge in [-0.15, -0.1) is 0 Å². The standard InChI is InChI=1S/C12H10Cl2FN3O/c13-11(14)5-12(19,6-18-8-16-7-17-18)9-1-3-10(15)4-2-9/h1-5,7-8,19H,6H2. The van der Waals surface area contributed by atoms with Gasteiger partial charge in [-0.3, -0.25) is 0 Å². The third-order valence-corrected chi connectivity index (χ3v) is 2.78. The average molecular weight is 302 g/mol. The molecule has 0 saturated heterocycles. The van der Waals surface area contributed by atoms with Gasteiger partial charge in [0.05, 0.1) is 6.54 Å². The van der Waals surface area contributed by atoms with Crippen LogP contribution in [0, 0.1) is 5.82 Å². The Labute approximate surface area is 119 Å². The van der Waals surface area contributed by atoms with Crippen molar-refractivity contribution in [3.8, 4) is 0 Å². The van der Waals surface area contributed by atoms with Crippen molar-refractivity contribution in [1.29, 1.82) is 0 Å². The lowest BCUT2D eigenvalue weighted by molar-refractivity contribution is 0.0654. The monoisotopic (exact) mass is 301 g/mol. The zero-order valence-corrected chi connectivity index (χ0v) is 11.2. The molecule has 7 heteroatoms. The minimum atomic E-state index is -1.50. The summed E-state index contributed by atoms with van der Waals surface area (Å²) in [6.07, 6.45) is 4.06. The van der Waals surface area contributed by atoms with Gasteiger partial charge in [0.2, 0.25) is 0 Å². The number of nitrogens with zero attached hydrogens (tertiary/aromatic N) is 3. The van der Waals surface area contributed by atoms with E-state index in [0.717, 1.165) is 0 Å². The van der Waals surface area contributed by atoms with Gasteiger partial charge in [0.1, 0.15) is 28.6 Å². The summed E-state index contributed by atoms with van der Waals surface area (Å²) in [5.41, 5.74) is -1.05. The molecule has 1 aromatic carbocycles. The molecule has 1 heterocycles. The fraction of sp³-hybridized carbons (Fsp3) is 0.167. The molecule has 0 aliphatic rings. The molecule has 2 rings (SSSR count). The van der Waals surface area contributed by atoms with Crippen molar-refractivity contribution in [2.24, 2.45) is 0 Å². The van der Waals surface area contributed by atoms with Crippen LogP contribution in [0.25, 0.3) is 0 Å². The maximum Gasteiger partial charge on any atom is 0.137 e. The van der Waals surface area contributed by atoms with Crippen molar-refractivity contribution in [3.63, 3.8) is 0 Å². The van der Waals surface area contributed by atoms with Gasteiger partial charge in [0.25, 0.3) is 0 Å². The van der Waals surface area contributed by atoms with E-state index in [2.05, 4.69) is 10.1 Å². The maximum absolute atomic E-state index is 12.9. The van der Waals surface area contributed by atoms with E-state index in [1.165, 1.54) is 47.7 Å². The van der Waals surface area contributed by atoms with Gasteiger partial charge in [-0.05, 0) is 23.8 Å². The zero-order valence-electron chi connectivity index (χ0n) is 9.67. The summed E-state index contributed by atoms with van der Waals surface area (Å²) in [6.45, 7) is 0.0571. The second-order valence-corrected chi connectivity index (χ2v) is 4.97. The van der Waals surface area contributed by atoms with E-state index in [-0.39, 0.29) is 11.0 Å². The lowest BCUT2D eigenvalue weighted by atomic mass is 9.94. The van der Waals surface area contributed by atoms with Crippen molar-refractivity contribution in [2.75, 3.05) is 0 Å². The highest BCUT2D eigenvalue weighted by Crippen LogP contribution is 2.28. The first kappa shape index (κ1) is 14.0. The number of halogens is 3. The SMILES string of the molecule is OC(C=C(Cl)Cl)(Cn1cncn1)c1ccc(F)cc1. The molecule has 0 aliphatic carbocycles. The third-order valence-electron chi connectivity index (χ3n) is 2.56. The molecule has 0 radical (unpaired) electrons. The van der Waals surface area contributed by atoms with Crippen molar-refractivity contribution in [3.05, 3.63) is 58.9 Å². The number of aromatic nitrogens is 3. The van der Waals surface area contributed by atoms with Crippen LogP contribution in [0.5, 0.6) is 0 Å². The van der Waals surface area contributed by atoms with Gasteiger partial charge >= 0.3 is 0 Å². The van der Waals surface area contributed by atoms with E-state index in [1.807, 2.05) is 0 Å². The number of hydrogen-bond acceptors (Lipinski definition) is 3. The van der Waals surface area contributed by atoms with Gasteiger partial charge in [0, 0.05) is 0 Å². The van der Waals surface area contributed by atoms with Crippen LogP contribution in [0.3, 0.4) is 0 Å². The molecular weight excluding hydrogens is 292 g/mol.